The first kappa shape index (κ1) is 18.4. The van der Waals surface area contributed by atoms with E-state index in [1.54, 1.807) is 7.05 Å². The molecule has 1 saturated heterocycles. The van der Waals surface area contributed by atoms with Gasteiger partial charge >= 0.3 is 0 Å². The molecule has 1 aliphatic rings. The molecule has 1 atom stereocenters. The van der Waals surface area contributed by atoms with Crippen molar-refractivity contribution in [2.75, 3.05) is 25.0 Å². The Morgan fingerprint density at radius 1 is 1.29 bits per heavy atom. The van der Waals surface area contributed by atoms with Crippen molar-refractivity contribution in [1.29, 1.82) is 0 Å². The van der Waals surface area contributed by atoms with Gasteiger partial charge in [-0.05, 0) is 37.3 Å². The summed E-state index contributed by atoms with van der Waals surface area (Å²) in [5.41, 5.74) is 4.35. The maximum atomic E-state index is 12.0. The Morgan fingerprint density at radius 2 is 2.14 bits per heavy atom. The Kier molecular flexibility index (Phi) is 5.00. The lowest BCUT2D eigenvalue weighted by Gasteiger charge is -2.21. The number of hydrogen-bond donors (Lipinski definition) is 3. The fourth-order valence-corrected chi connectivity index (χ4v) is 3.81. The first-order valence-electron chi connectivity index (χ1n) is 9.67. The molecule has 3 aromatic rings. The summed E-state index contributed by atoms with van der Waals surface area (Å²) in [5.74, 6) is 0.842. The third-order valence-electron chi connectivity index (χ3n) is 5.54. The predicted molar refractivity (Wildman–Crippen MR) is 111 cm³/mol. The van der Waals surface area contributed by atoms with Crippen LogP contribution in [0.4, 0.5) is 5.82 Å². The number of rotatable bonds is 5. The summed E-state index contributed by atoms with van der Waals surface area (Å²) in [7, 11) is 1.60. The van der Waals surface area contributed by atoms with E-state index in [9.17, 15) is 4.79 Å². The lowest BCUT2D eigenvalue weighted by atomic mass is 10.1. The number of aromatic amines is 1. The van der Waals surface area contributed by atoms with Crippen LogP contribution >= 0.6 is 0 Å². The fraction of sp³-hybridized carbons (Fsp3) is 0.381. The molecule has 7 heteroatoms. The lowest BCUT2D eigenvalue weighted by molar-refractivity contribution is 0.0952. The molecular formula is C21H26N6O. The highest BCUT2D eigenvalue weighted by molar-refractivity contribution is 5.90. The number of carbonyl (C=O) groups is 1. The molecule has 146 valence electrons. The first-order chi connectivity index (χ1) is 13.6. The molecule has 28 heavy (non-hydrogen) atoms. The molecule has 0 aliphatic carbocycles. The zero-order chi connectivity index (χ0) is 19.7. The van der Waals surface area contributed by atoms with E-state index in [1.165, 1.54) is 16.5 Å². The van der Waals surface area contributed by atoms with E-state index < -0.39 is 0 Å². The highest BCUT2D eigenvalue weighted by Crippen LogP contribution is 2.24. The molecular weight excluding hydrogens is 352 g/mol. The van der Waals surface area contributed by atoms with Crippen LogP contribution in [0, 0.1) is 13.8 Å². The van der Waals surface area contributed by atoms with E-state index in [0.717, 1.165) is 43.1 Å². The minimum Gasteiger partial charge on any atom is -0.361 e. The molecule has 0 unspecified atom stereocenters. The van der Waals surface area contributed by atoms with Gasteiger partial charge in [0.05, 0.1) is 0 Å². The van der Waals surface area contributed by atoms with Crippen LogP contribution in [0.3, 0.4) is 0 Å². The number of fused-ring (bicyclic) bond motifs is 1. The van der Waals surface area contributed by atoms with Crippen LogP contribution in [0.2, 0.25) is 0 Å². The average Bonchev–Trinajstić information content (AvgIpc) is 3.37. The van der Waals surface area contributed by atoms with Crippen molar-refractivity contribution in [2.24, 2.45) is 0 Å². The topological polar surface area (TPSA) is 85.9 Å². The number of aromatic nitrogens is 3. The number of hydrogen-bond acceptors (Lipinski definition) is 5. The fourth-order valence-electron chi connectivity index (χ4n) is 3.81. The van der Waals surface area contributed by atoms with Gasteiger partial charge in [0.15, 0.2) is 0 Å². The largest absolute Gasteiger partial charge is 0.361 e. The van der Waals surface area contributed by atoms with Gasteiger partial charge in [-0.3, -0.25) is 4.79 Å². The quantitative estimate of drug-likeness (QED) is 0.634. The Labute approximate surface area is 164 Å². The van der Waals surface area contributed by atoms with Crippen LogP contribution in [0.15, 0.2) is 30.5 Å². The molecule has 4 rings (SSSR count). The zero-order valence-electron chi connectivity index (χ0n) is 16.5. The Morgan fingerprint density at radius 3 is 2.96 bits per heavy atom. The molecule has 2 aromatic heterocycles. The Bertz CT molecular complexity index is 1010. The van der Waals surface area contributed by atoms with Crippen molar-refractivity contribution in [3.63, 3.8) is 0 Å². The van der Waals surface area contributed by atoms with Gasteiger partial charge in [-0.25, -0.2) is 9.97 Å². The number of anilines is 1. The van der Waals surface area contributed by atoms with Crippen LogP contribution in [-0.2, 0) is 6.54 Å². The number of nitrogens with one attached hydrogen (secondary N) is 3. The zero-order valence-corrected chi connectivity index (χ0v) is 16.5. The first-order valence-corrected chi connectivity index (χ1v) is 9.67. The lowest BCUT2D eigenvalue weighted by Crippen LogP contribution is -2.33. The van der Waals surface area contributed by atoms with Crippen molar-refractivity contribution in [2.45, 2.75) is 32.9 Å². The smallest absolute Gasteiger partial charge is 0.288 e. The van der Waals surface area contributed by atoms with Gasteiger partial charge in [-0.15, -0.1) is 0 Å². The molecule has 0 spiro atoms. The number of para-hydroxylation sites is 1. The van der Waals surface area contributed by atoms with Crippen molar-refractivity contribution in [3.05, 3.63) is 53.1 Å². The van der Waals surface area contributed by atoms with E-state index in [0.29, 0.717) is 6.04 Å². The number of carbonyl (C=O) groups excluding carboxylic acids is 1. The Hall–Kier alpha value is -2.93. The molecule has 0 saturated carbocycles. The van der Waals surface area contributed by atoms with Gasteiger partial charge in [0, 0.05) is 55.7 Å². The summed E-state index contributed by atoms with van der Waals surface area (Å²) in [5, 5.41) is 7.52. The van der Waals surface area contributed by atoms with Gasteiger partial charge in [-0.1, -0.05) is 18.2 Å². The van der Waals surface area contributed by atoms with Crippen molar-refractivity contribution in [1.82, 2.24) is 25.6 Å². The van der Waals surface area contributed by atoms with Gasteiger partial charge in [0.25, 0.3) is 5.91 Å². The summed E-state index contributed by atoms with van der Waals surface area (Å²) < 4.78 is 0. The second kappa shape index (κ2) is 7.59. The normalized spacial score (nSPS) is 16.7. The van der Waals surface area contributed by atoms with Crippen LogP contribution in [-0.4, -0.2) is 47.0 Å². The average molecular weight is 378 g/mol. The molecule has 0 radical (unpaired) electrons. The summed E-state index contributed by atoms with van der Waals surface area (Å²) in [6, 6.07) is 8.86. The van der Waals surface area contributed by atoms with Crippen molar-refractivity contribution in [3.8, 4) is 0 Å². The number of nitrogens with zero attached hydrogens (tertiary/aromatic N) is 3. The molecule has 1 aliphatic heterocycles. The van der Waals surface area contributed by atoms with Gasteiger partial charge in [-0.2, -0.15) is 0 Å². The monoisotopic (exact) mass is 378 g/mol. The number of benzene rings is 1. The summed E-state index contributed by atoms with van der Waals surface area (Å²) >= 11 is 0. The van der Waals surface area contributed by atoms with Gasteiger partial charge in [0.1, 0.15) is 5.82 Å². The summed E-state index contributed by atoms with van der Waals surface area (Å²) in [6.45, 7) is 6.54. The maximum absolute atomic E-state index is 12.0. The van der Waals surface area contributed by atoms with Gasteiger partial charge < -0.3 is 20.5 Å². The van der Waals surface area contributed by atoms with Crippen LogP contribution in [0.1, 0.15) is 33.9 Å². The SMILES string of the molecule is CNC(=O)c1nc(C)c(C)c(N2CC[C@@H](NCc3cccc4cc[nH]c34)C2)n1. The molecule has 3 heterocycles. The predicted octanol–water partition coefficient (Wildman–Crippen LogP) is 2.30. The van der Waals surface area contributed by atoms with E-state index in [4.69, 9.17) is 0 Å². The van der Waals surface area contributed by atoms with E-state index in [-0.39, 0.29) is 11.7 Å². The summed E-state index contributed by atoms with van der Waals surface area (Å²) in [6.07, 6.45) is 3.02. The number of aryl methyl sites for hydroxylation is 1. The molecule has 3 N–H and O–H groups in total. The highest BCUT2D eigenvalue weighted by atomic mass is 16.2. The molecule has 0 bridgehead atoms. The molecule has 1 fully saturated rings. The van der Waals surface area contributed by atoms with E-state index in [2.05, 4.69) is 54.8 Å². The number of amides is 1. The molecule has 7 nitrogen and oxygen atoms in total. The highest BCUT2D eigenvalue weighted by Gasteiger charge is 2.26. The summed E-state index contributed by atoms with van der Waals surface area (Å²) in [4.78, 5) is 26.4. The standard InChI is InChI=1S/C21H26N6O/c1-13-14(2)25-19(21(28)22-3)26-20(13)27-10-8-17(12-27)24-11-16-6-4-5-15-7-9-23-18(15)16/h4-7,9,17,23-24H,8,10-12H2,1-3H3,(H,22,28)/t17-/m1/s1. The second-order valence-electron chi connectivity index (χ2n) is 7.33. The molecule has 1 aromatic carbocycles. The van der Waals surface area contributed by atoms with Gasteiger partial charge in [0.2, 0.25) is 5.82 Å². The van der Waals surface area contributed by atoms with Crippen molar-refractivity contribution < 1.29 is 4.79 Å². The van der Waals surface area contributed by atoms with Crippen molar-refractivity contribution >= 4 is 22.6 Å². The Balaban J connectivity index is 1.46. The van der Waals surface area contributed by atoms with E-state index in [1.807, 2.05) is 20.0 Å². The third-order valence-corrected chi connectivity index (χ3v) is 5.54. The number of H-pyrrole nitrogens is 1. The minimum atomic E-state index is -0.253. The minimum absolute atomic E-state index is 0.232. The molecule has 1 amide bonds. The van der Waals surface area contributed by atoms with Crippen LogP contribution < -0.4 is 15.5 Å². The third kappa shape index (κ3) is 3.45. The van der Waals surface area contributed by atoms with E-state index >= 15 is 0 Å². The second-order valence-corrected chi connectivity index (χ2v) is 7.33. The van der Waals surface area contributed by atoms with Crippen LogP contribution in [0.25, 0.3) is 10.9 Å². The maximum Gasteiger partial charge on any atom is 0.288 e. The van der Waals surface area contributed by atoms with Crippen LogP contribution in [0.5, 0.6) is 0 Å².